The predicted molar refractivity (Wildman–Crippen MR) is 121 cm³/mol. The second-order valence-electron chi connectivity index (χ2n) is 7.76. The summed E-state index contributed by atoms with van der Waals surface area (Å²) in [5, 5.41) is 2.93. The molecule has 1 atom stereocenters. The van der Waals surface area contributed by atoms with Crippen molar-refractivity contribution >= 4 is 27.3 Å². The lowest BCUT2D eigenvalue weighted by Crippen LogP contribution is -2.42. The number of hydrogen-bond acceptors (Lipinski definition) is 4. The Balaban J connectivity index is 1.81. The first-order valence-electron chi connectivity index (χ1n) is 10.5. The Morgan fingerprint density at radius 3 is 2.57 bits per heavy atom. The van der Waals surface area contributed by atoms with E-state index >= 15 is 0 Å². The molecule has 3 rings (SSSR count). The van der Waals surface area contributed by atoms with E-state index in [2.05, 4.69) is 29.3 Å². The fraction of sp³-hybridized carbons (Fsp3) is 0.435. The Morgan fingerprint density at radius 2 is 1.87 bits per heavy atom. The fourth-order valence-corrected chi connectivity index (χ4v) is 5.44. The minimum absolute atomic E-state index is 0.154. The van der Waals surface area contributed by atoms with Crippen LogP contribution in [0, 0.1) is 6.92 Å². The monoisotopic (exact) mass is 429 g/mol. The van der Waals surface area contributed by atoms with Gasteiger partial charge >= 0.3 is 0 Å². The summed E-state index contributed by atoms with van der Waals surface area (Å²) in [6.45, 7) is 8.66. The topological polar surface area (TPSA) is 69.7 Å². The van der Waals surface area contributed by atoms with Gasteiger partial charge in [0.1, 0.15) is 0 Å². The van der Waals surface area contributed by atoms with Gasteiger partial charge in [-0.25, -0.2) is 8.42 Å². The Bertz CT molecular complexity index is 1020. The lowest BCUT2D eigenvalue weighted by atomic mass is 9.96. The Hall–Kier alpha value is -2.38. The van der Waals surface area contributed by atoms with Gasteiger partial charge in [0.2, 0.25) is 15.9 Å². The third-order valence-electron chi connectivity index (χ3n) is 5.80. The molecule has 1 N–H and O–H groups in total. The second kappa shape index (κ2) is 9.18. The van der Waals surface area contributed by atoms with Crippen molar-refractivity contribution in [3.05, 3.63) is 53.6 Å². The molecular weight excluding hydrogens is 398 g/mol. The van der Waals surface area contributed by atoms with Gasteiger partial charge in [0, 0.05) is 30.5 Å². The standard InChI is InChI=1S/C23H31N3O3S/c1-5-25(6-2)30(28,29)20-14-11-17(3)21(15-20)24-23(27)16-26-18(4)12-13-19-9-7-8-10-22(19)26/h7-11,14-15,18H,5-6,12-13,16H2,1-4H3,(H,24,27)/t18-/m0/s1. The maximum Gasteiger partial charge on any atom is 0.243 e. The Labute approximate surface area is 179 Å². The summed E-state index contributed by atoms with van der Waals surface area (Å²) in [4.78, 5) is 15.2. The van der Waals surface area contributed by atoms with Gasteiger partial charge in [-0.05, 0) is 56.0 Å². The van der Waals surface area contributed by atoms with Crippen LogP contribution in [0.5, 0.6) is 0 Å². The molecule has 1 aliphatic rings. The highest BCUT2D eigenvalue weighted by molar-refractivity contribution is 7.89. The molecule has 0 saturated heterocycles. The SMILES string of the molecule is CCN(CC)S(=O)(=O)c1ccc(C)c(NC(=O)CN2c3ccccc3CC[C@@H]2C)c1. The van der Waals surface area contributed by atoms with Gasteiger partial charge in [-0.3, -0.25) is 4.79 Å². The number of benzene rings is 2. The lowest BCUT2D eigenvalue weighted by Gasteiger charge is -2.36. The van der Waals surface area contributed by atoms with E-state index in [9.17, 15) is 13.2 Å². The summed E-state index contributed by atoms with van der Waals surface area (Å²) in [6, 6.07) is 13.4. The predicted octanol–water partition coefficient (Wildman–Crippen LogP) is 3.81. The van der Waals surface area contributed by atoms with Crippen molar-refractivity contribution in [3.63, 3.8) is 0 Å². The lowest BCUT2D eigenvalue weighted by molar-refractivity contribution is -0.115. The van der Waals surface area contributed by atoms with E-state index in [-0.39, 0.29) is 23.4 Å². The Kier molecular flexibility index (Phi) is 6.83. The highest BCUT2D eigenvalue weighted by atomic mass is 32.2. The molecule has 0 spiro atoms. The van der Waals surface area contributed by atoms with Gasteiger partial charge in [-0.1, -0.05) is 38.1 Å². The van der Waals surface area contributed by atoms with Gasteiger partial charge < -0.3 is 10.2 Å². The van der Waals surface area contributed by atoms with Crippen molar-refractivity contribution in [1.29, 1.82) is 0 Å². The maximum absolute atomic E-state index is 12.9. The molecule has 0 aliphatic carbocycles. The molecule has 0 unspecified atom stereocenters. The quantitative estimate of drug-likeness (QED) is 0.727. The molecule has 0 radical (unpaired) electrons. The zero-order chi connectivity index (χ0) is 21.9. The average Bonchev–Trinajstić information content (AvgIpc) is 2.72. The highest BCUT2D eigenvalue weighted by Gasteiger charge is 2.26. The van der Waals surface area contributed by atoms with Gasteiger partial charge in [0.05, 0.1) is 11.4 Å². The van der Waals surface area contributed by atoms with Crippen LogP contribution in [0.15, 0.2) is 47.4 Å². The summed E-state index contributed by atoms with van der Waals surface area (Å²) >= 11 is 0. The summed E-state index contributed by atoms with van der Waals surface area (Å²) in [7, 11) is -3.58. The smallest absolute Gasteiger partial charge is 0.243 e. The van der Waals surface area contributed by atoms with E-state index < -0.39 is 10.0 Å². The van der Waals surface area contributed by atoms with Crippen LogP contribution in [0.25, 0.3) is 0 Å². The number of anilines is 2. The molecule has 2 aromatic carbocycles. The molecule has 1 heterocycles. The second-order valence-corrected chi connectivity index (χ2v) is 9.70. The number of nitrogens with zero attached hydrogens (tertiary/aromatic N) is 2. The van der Waals surface area contributed by atoms with Gasteiger partial charge in [0.25, 0.3) is 0 Å². The molecule has 162 valence electrons. The van der Waals surface area contributed by atoms with Crippen molar-refractivity contribution in [2.75, 3.05) is 29.9 Å². The highest BCUT2D eigenvalue weighted by Crippen LogP contribution is 2.30. The van der Waals surface area contributed by atoms with Crippen LogP contribution in [0.4, 0.5) is 11.4 Å². The van der Waals surface area contributed by atoms with Crippen LogP contribution in [-0.2, 0) is 21.2 Å². The molecule has 0 bridgehead atoms. The molecule has 7 heteroatoms. The van der Waals surface area contributed by atoms with Crippen LogP contribution in [0.2, 0.25) is 0 Å². The van der Waals surface area contributed by atoms with Crippen molar-refractivity contribution in [1.82, 2.24) is 4.31 Å². The molecule has 6 nitrogen and oxygen atoms in total. The van der Waals surface area contributed by atoms with Gasteiger partial charge in [-0.15, -0.1) is 0 Å². The van der Waals surface area contributed by atoms with Crippen molar-refractivity contribution in [2.24, 2.45) is 0 Å². The van der Waals surface area contributed by atoms with E-state index in [1.54, 1.807) is 18.2 Å². The summed E-state index contributed by atoms with van der Waals surface area (Å²) < 4.78 is 27.1. The number of sulfonamides is 1. The summed E-state index contributed by atoms with van der Waals surface area (Å²) in [6.07, 6.45) is 2.01. The fourth-order valence-electron chi connectivity index (χ4n) is 3.95. The molecular formula is C23H31N3O3S. The normalized spacial score (nSPS) is 16.4. The largest absolute Gasteiger partial charge is 0.359 e. The summed E-state index contributed by atoms with van der Waals surface area (Å²) in [5.41, 5.74) is 3.72. The van der Waals surface area contributed by atoms with Crippen LogP contribution < -0.4 is 10.2 Å². The van der Waals surface area contributed by atoms with E-state index in [1.165, 1.54) is 9.87 Å². The van der Waals surface area contributed by atoms with Gasteiger partial charge in [0.15, 0.2) is 0 Å². The molecule has 0 fully saturated rings. The molecule has 0 saturated carbocycles. The van der Waals surface area contributed by atoms with Gasteiger partial charge in [-0.2, -0.15) is 4.31 Å². The van der Waals surface area contributed by atoms with E-state index in [0.717, 1.165) is 24.1 Å². The van der Waals surface area contributed by atoms with E-state index in [4.69, 9.17) is 0 Å². The molecule has 0 aromatic heterocycles. The number of rotatable bonds is 7. The van der Waals surface area contributed by atoms with Crippen molar-refractivity contribution in [2.45, 2.75) is 51.5 Å². The average molecular weight is 430 g/mol. The third-order valence-corrected chi connectivity index (χ3v) is 7.85. The first kappa shape index (κ1) is 22.3. The Morgan fingerprint density at radius 1 is 1.17 bits per heavy atom. The molecule has 1 aliphatic heterocycles. The third kappa shape index (κ3) is 4.52. The number of carbonyl (C=O) groups is 1. The zero-order valence-electron chi connectivity index (χ0n) is 18.2. The number of aryl methyl sites for hydroxylation is 2. The maximum atomic E-state index is 12.9. The number of carbonyl (C=O) groups excluding carboxylic acids is 1. The number of fused-ring (bicyclic) bond motifs is 1. The first-order valence-corrected chi connectivity index (χ1v) is 12.0. The van der Waals surface area contributed by atoms with E-state index in [1.807, 2.05) is 32.9 Å². The van der Waals surface area contributed by atoms with Crippen LogP contribution in [0.3, 0.4) is 0 Å². The minimum atomic E-state index is -3.58. The zero-order valence-corrected chi connectivity index (χ0v) is 19.0. The van der Waals surface area contributed by atoms with Crippen LogP contribution >= 0.6 is 0 Å². The number of nitrogens with one attached hydrogen (secondary N) is 1. The molecule has 30 heavy (non-hydrogen) atoms. The van der Waals surface area contributed by atoms with E-state index in [0.29, 0.717) is 18.8 Å². The minimum Gasteiger partial charge on any atom is -0.359 e. The number of para-hydroxylation sites is 1. The molecule has 2 aromatic rings. The van der Waals surface area contributed by atoms with Crippen LogP contribution in [-0.4, -0.2) is 44.3 Å². The van der Waals surface area contributed by atoms with Crippen LogP contribution in [0.1, 0.15) is 38.3 Å². The molecule has 1 amide bonds. The number of amides is 1. The first-order chi connectivity index (χ1) is 14.3. The van der Waals surface area contributed by atoms with Crippen molar-refractivity contribution < 1.29 is 13.2 Å². The van der Waals surface area contributed by atoms with Crippen molar-refractivity contribution in [3.8, 4) is 0 Å². The number of hydrogen-bond donors (Lipinski definition) is 1. The summed E-state index contributed by atoms with van der Waals surface area (Å²) in [5.74, 6) is -0.154.